The molecule has 0 aromatic carbocycles. The molecule has 0 aromatic rings. The van der Waals surface area contributed by atoms with E-state index in [0.29, 0.717) is 0 Å². The molecule has 0 saturated heterocycles. The second-order valence-electron chi connectivity index (χ2n) is 0. The Bertz CT molecular complexity index is 8.00. The minimum atomic E-state index is 0. The average molecular weight is 110 g/mol. The molecule has 0 atom stereocenters. The van der Waals surface area contributed by atoms with E-state index < -0.39 is 0 Å². The zero-order valence-corrected chi connectivity index (χ0v) is 4.06. The summed E-state index contributed by atoms with van der Waals surface area (Å²) in [6.07, 6.45) is 0. The zero-order valence-electron chi connectivity index (χ0n) is 1.50. The summed E-state index contributed by atoms with van der Waals surface area (Å²) in [5, 5.41) is 0. The summed E-state index contributed by atoms with van der Waals surface area (Å²) in [6, 6.07) is 0. The van der Waals surface area contributed by atoms with Gasteiger partial charge < -0.3 is 5.48 Å². The molecule has 0 aliphatic heterocycles. The standard InChI is InChI=1S/CH4.H2O.Si.Ti/h1H4;1H2;;. The Kier molecular flexibility index (Phi) is 955. The summed E-state index contributed by atoms with van der Waals surface area (Å²) in [7, 11) is 0. The maximum absolute atomic E-state index is 0. The van der Waals surface area contributed by atoms with Gasteiger partial charge in [-0.3, -0.25) is 0 Å². The van der Waals surface area contributed by atoms with Gasteiger partial charge in [0.2, 0.25) is 0 Å². The Hall–Kier alpha value is 0.891. The van der Waals surface area contributed by atoms with Crippen LogP contribution in [0.25, 0.3) is 0 Å². The van der Waals surface area contributed by atoms with Gasteiger partial charge in [0.05, 0.1) is 0 Å². The van der Waals surface area contributed by atoms with Crippen LogP contribution in [0.4, 0.5) is 0 Å². The maximum Gasteiger partial charge on any atom is 0 e. The summed E-state index contributed by atoms with van der Waals surface area (Å²) in [4.78, 5) is 0. The quantitative estimate of drug-likeness (QED) is 0.374. The smallest absolute Gasteiger partial charge is 0 e. The van der Waals surface area contributed by atoms with Crippen LogP contribution in [0.1, 0.15) is 7.43 Å². The first-order valence-corrected chi connectivity index (χ1v) is 0. The van der Waals surface area contributed by atoms with Crippen LogP contribution in [-0.2, 0) is 21.7 Å². The van der Waals surface area contributed by atoms with Crippen LogP contribution in [0.5, 0.6) is 0 Å². The van der Waals surface area contributed by atoms with Crippen molar-refractivity contribution in [3.8, 4) is 0 Å². The molecule has 0 heterocycles. The Balaban J connectivity index is 0. The topological polar surface area (TPSA) is 31.5 Å². The molecule has 0 amide bonds. The van der Waals surface area contributed by atoms with E-state index in [0.717, 1.165) is 0 Å². The molecule has 24 valence electrons. The Morgan fingerprint density at radius 2 is 1.00 bits per heavy atom. The summed E-state index contributed by atoms with van der Waals surface area (Å²) >= 11 is 0. The predicted octanol–water partition coefficient (Wildman–Crippen LogP) is -0.572. The van der Waals surface area contributed by atoms with Gasteiger partial charge in [0.1, 0.15) is 0 Å². The third-order valence-electron chi connectivity index (χ3n) is 0. The van der Waals surface area contributed by atoms with Crippen LogP contribution in [0.3, 0.4) is 0 Å². The average Bonchev–Trinajstić information content (AvgIpc) is 0. The van der Waals surface area contributed by atoms with Gasteiger partial charge >= 0.3 is 0 Å². The molecule has 0 spiro atoms. The first-order valence-electron chi connectivity index (χ1n) is 0. The molecule has 0 aliphatic rings. The van der Waals surface area contributed by atoms with Gasteiger partial charge in [0.25, 0.3) is 0 Å². The molecule has 0 bridgehead atoms. The summed E-state index contributed by atoms with van der Waals surface area (Å²) in [5.41, 5.74) is 0. The second kappa shape index (κ2) is 41.0. The predicted molar refractivity (Wildman–Crippen MR) is 16.1 cm³/mol. The minimum absolute atomic E-state index is 0. The van der Waals surface area contributed by atoms with Crippen molar-refractivity contribution >= 4 is 11.0 Å². The normalized spacial score (nSPS) is 0. The van der Waals surface area contributed by atoms with Gasteiger partial charge in [-0.25, -0.2) is 0 Å². The summed E-state index contributed by atoms with van der Waals surface area (Å²) < 4.78 is 0. The minimum Gasteiger partial charge on any atom is -0.412 e. The van der Waals surface area contributed by atoms with Gasteiger partial charge in [-0.1, -0.05) is 7.43 Å². The molecular weight excluding hydrogens is 104 g/mol. The molecule has 0 saturated carbocycles. The molecular formula is CH6OSiTi. The van der Waals surface area contributed by atoms with Crippen molar-refractivity contribution in [3.63, 3.8) is 0 Å². The number of rotatable bonds is 0. The monoisotopic (exact) mass is 110 g/mol. The van der Waals surface area contributed by atoms with Crippen molar-refractivity contribution in [3.05, 3.63) is 0 Å². The fourth-order valence-corrected chi connectivity index (χ4v) is 0. The van der Waals surface area contributed by atoms with Crippen LogP contribution in [0.2, 0.25) is 0 Å². The summed E-state index contributed by atoms with van der Waals surface area (Å²) in [5.74, 6) is 0. The van der Waals surface area contributed by atoms with Gasteiger partial charge in [-0.05, 0) is 0 Å². The molecule has 3 heteroatoms. The van der Waals surface area contributed by atoms with Crippen molar-refractivity contribution in [2.24, 2.45) is 0 Å². The fraction of sp³-hybridized carbons (Fsp3) is 1.00. The van der Waals surface area contributed by atoms with E-state index in [4.69, 9.17) is 0 Å². The van der Waals surface area contributed by atoms with Crippen molar-refractivity contribution in [1.29, 1.82) is 0 Å². The Morgan fingerprint density at radius 3 is 1.00 bits per heavy atom. The third-order valence-corrected chi connectivity index (χ3v) is 0. The number of hydrogen-bond acceptors (Lipinski definition) is 0. The summed E-state index contributed by atoms with van der Waals surface area (Å²) in [6.45, 7) is 0. The second-order valence-corrected chi connectivity index (χ2v) is 0. The molecule has 4 radical (unpaired) electrons. The fourth-order valence-electron chi connectivity index (χ4n) is 0. The number of hydrogen-bond donors (Lipinski definition) is 0. The zero-order chi connectivity index (χ0) is 0. The Morgan fingerprint density at radius 1 is 1.00 bits per heavy atom. The SMILES string of the molecule is C.O.[Si].[Ti]. The van der Waals surface area contributed by atoms with E-state index in [1.54, 1.807) is 0 Å². The van der Waals surface area contributed by atoms with E-state index in [-0.39, 0.29) is 45.6 Å². The van der Waals surface area contributed by atoms with Crippen LogP contribution >= 0.6 is 0 Å². The van der Waals surface area contributed by atoms with E-state index in [9.17, 15) is 0 Å². The Labute approximate surface area is 46.0 Å². The maximum atomic E-state index is 0. The first-order chi connectivity index (χ1) is 0. The van der Waals surface area contributed by atoms with Gasteiger partial charge in [-0.2, -0.15) is 0 Å². The van der Waals surface area contributed by atoms with Crippen LogP contribution in [0.15, 0.2) is 0 Å². The van der Waals surface area contributed by atoms with Crippen molar-refractivity contribution < 1.29 is 27.2 Å². The molecule has 0 unspecified atom stereocenters. The van der Waals surface area contributed by atoms with Crippen LogP contribution < -0.4 is 0 Å². The first kappa shape index (κ1) is 93.3. The third kappa shape index (κ3) is 13.0. The molecule has 0 fully saturated rings. The van der Waals surface area contributed by atoms with Crippen molar-refractivity contribution in [1.82, 2.24) is 0 Å². The molecule has 0 rings (SSSR count). The van der Waals surface area contributed by atoms with Gasteiger partial charge in [0, 0.05) is 32.7 Å². The van der Waals surface area contributed by atoms with Crippen LogP contribution in [-0.4, -0.2) is 16.4 Å². The molecule has 0 aromatic heterocycles. The largest absolute Gasteiger partial charge is 0.412 e. The van der Waals surface area contributed by atoms with Crippen molar-refractivity contribution in [2.45, 2.75) is 7.43 Å². The molecule has 2 N–H and O–H groups in total. The van der Waals surface area contributed by atoms with Gasteiger partial charge in [0.15, 0.2) is 0 Å². The molecule has 0 aliphatic carbocycles. The van der Waals surface area contributed by atoms with E-state index >= 15 is 0 Å². The molecule has 1 nitrogen and oxygen atoms in total. The van der Waals surface area contributed by atoms with E-state index in [1.807, 2.05) is 0 Å². The van der Waals surface area contributed by atoms with Crippen LogP contribution in [0, 0.1) is 0 Å². The van der Waals surface area contributed by atoms with Gasteiger partial charge in [-0.15, -0.1) is 0 Å². The molecule has 4 heavy (non-hydrogen) atoms. The van der Waals surface area contributed by atoms with E-state index in [2.05, 4.69) is 0 Å². The van der Waals surface area contributed by atoms with E-state index in [1.165, 1.54) is 0 Å². The van der Waals surface area contributed by atoms with Crippen molar-refractivity contribution in [2.75, 3.05) is 0 Å².